The molecule has 0 aliphatic rings. The zero-order chi connectivity index (χ0) is 13.7. The molecule has 1 aromatic carbocycles. The van der Waals surface area contributed by atoms with E-state index in [9.17, 15) is 4.79 Å². The van der Waals surface area contributed by atoms with Crippen LogP contribution in [0, 0.1) is 6.92 Å². The van der Waals surface area contributed by atoms with Crippen molar-refractivity contribution in [2.45, 2.75) is 52.6 Å². The van der Waals surface area contributed by atoms with Crippen LogP contribution in [-0.2, 0) is 4.79 Å². The molecule has 0 saturated carbocycles. The lowest BCUT2D eigenvalue weighted by atomic mass is 10.0. The third-order valence-corrected chi connectivity index (χ3v) is 2.96. The van der Waals surface area contributed by atoms with Crippen molar-refractivity contribution in [3.8, 4) is 5.75 Å². The van der Waals surface area contributed by atoms with E-state index in [1.807, 2.05) is 26.0 Å². The monoisotopic (exact) mass is 250 g/mol. The second kappa shape index (κ2) is 6.43. The first-order valence-electron chi connectivity index (χ1n) is 6.45. The maximum atomic E-state index is 11.1. The topological polar surface area (TPSA) is 46.5 Å². The standard InChI is InChI=1S/C15H22O3/c1-5-6-14(15(16)17)18-13-8-7-12(10(2)3)9-11(13)4/h7-10,14H,5-6H2,1-4H3,(H,16,17)/t14-/m1/s1. The van der Waals surface area contributed by atoms with Crippen molar-refractivity contribution in [2.75, 3.05) is 0 Å². The van der Waals surface area contributed by atoms with Crippen molar-refractivity contribution in [2.24, 2.45) is 0 Å². The van der Waals surface area contributed by atoms with Crippen LogP contribution in [0.5, 0.6) is 5.75 Å². The molecular weight excluding hydrogens is 228 g/mol. The van der Waals surface area contributed by atoms with Gasteiger partial charge in [0.1, 0.15) is 5.75 Å². The first-order valence-corrected chi connectivity index (χ1v) is 6.45. The van der Waals surface area contributed by atoms with Gasteiger partial charge in [0.15, 0.2) is 6.10 Å². The van der Waals surface area contributed by atoms with Crippen molar-refractivity contribution < 1.29 is 14.6 Å². The summed E-state index contributed by atoms with van der Waals surface area (Å²) in [6.07, 6.45) is 0.569. The van der Waals surface area contributed by atoms with Crippen LogP contribution in [0.15, 0.2) is 18.2 Å². The van der Waals surface area contributed by atoms with E-state index in [1.165, 1.54) is 5.56 Å². The summed E-state index contributed by atoms with van der Waals surface area (Å²) in [4.78, 5) is 11.1. The first kappa shape index (κ1) is 14.6. The van der Waals surface area contributed by atoms with E-state index >= 15 is 0 Å². The number of hydrogen-bond donors (Lipinski definition) is 1. The van der Waals surface area contributed by atoms with Crippen LogP contribution in [-0.4, -0.2) is 17.2 Å². The second-order valence-corrected chi connectivity index (χ2v) is 4.91. The fraction of sp³-hybridized carbons (Fsp3) is 0.533. The number of ether oxygens (including phenoxy) is 1. The second-order valence-electron chi connectivity index (χ2n) is 4.91. The van der Waals surface area contributed by atoms with Crippen molar-refractivity contribution in [1.82, 2.24) is 0 Å². The zero-order valence-corrected chi connectivity index (χ0v) is 11.6. The SMILES string of the molecule is CCC[C@@H](Oc1ccc(C(C)C)cc1C)C(=O)O. The van der Waals surface area contributed by atoms with E-state index in [0.717, 1.165) is 12.0 Å². The Kier molecular flexibility index (Phi) is 5.20. The Morgan fingerprint density at radius 1 is 1.39 bits per heavy atom. The maximum absolute atomic E-state index is 11.1. The summed E-state index contributed by atoms with van der Waals surface area (Å²) < 4.78 is 5.58. The minimum absolute atomic E-state index is 0.462. The van der Waals surface area contributed by atoms with Crippen LogP contribution in [0.3, 0.4) is 0 Å². The van der Waals surface area contributed by atoms with Crippen molar-refractivity contribution in [3.63, 3.8) is 0 Å². The molecule has 1 rings (SSSR count). The molecule has 0 aromatic heterocycles. The van der Waals surface area contributed by atoms with Gasteiger partial charge in [0.2, 0.25) is 0 Å². The maximum Gasteiger partial charge on any atom is 0.344 e. The van der Waals surface area contributed by atoms with Gasteiger partial charge in [-0.05, 0) is 36.5 Å². The number of aryl methyl sites for hydroxylation is 1. The molecule has 1 N–H and O–H groups in total. The summed E-state index contributed by atoms with van der Waals surface area (Å²) in [5, 5.41) is 9.07. The van der Waals surface area contributed by atoms with Crippen LogP contribution in [0.25, 0.3) is 0 Å². The minimum Gasteiger partial charge on any atom is -0.479 e. The molecule has 0 aliphatic heterocycles. The Morgan fingerprint density at radius 2 is 2.06 bits per heavy atom. The number of hydrogen-bond acceptors (Lipinski definition) is 2. The van der Waals surface area contributed by atoms with Crippen LogP contribution >= 0.6 is 0 Å². The first-order chi connectivity index (χ1) is 8.45. The van der Waals surface area contributed by atoms with E-state index in [1.54, 1.807) is 0 Å². The van der Waals surface area contributed by atoms with Crippen LogP contribution in [0.2, 0.25) is 0 Å². The lowest BCUT2D eigenvalue weighted by Crippen LogP contribution is -2.27. The predicted octanol–water partition coefficient (Wildman–Crippen LogP) is 3.75. The van der Waals surface area contributed by atoms with Gasteiger partial charge in [0.05, 0.1) is 0 Å². The van der Waals surface area contributed by atoms with Crippen molar-refractivity contribution in [3.05, 3.63) is 29.3 Å². The number of carbonyl (C=O) groups is 1. The lowest BCUT2D eigenvalue weighted by molar-refractivity contribution is -0.145. The van der Waals surface area contributed by atoms with Crippen molar-refractivity contribution >= 4 is 5.97 Å². The number of carboxylic acid groups (broad SMARTS) is 1. The molecule has 0 fully saturated rings. The summed E-state index contributed by atoms with van der Waals surface area (Å²) >= 11 is 0. The third-order valence-electron chi connectivity index (χ3n) is 2.96. The van der Waals surface area contributed by atoms with Gasteiger partial charge in [-0.2, -0.15) is 0 Å². The van der Waals surface area contributed by atoms with Gasteiger partial charge in [-0.1, -0.05) is 39.3 Å². The molecule has 0 saturated heterocycles. The summed E-state index contributed by atoms with van der Waals surface area (Å²) in [7, 11) is 0. The number of benzene rings is 1. The third kappa shape index (κ3) is 3.76. The highest BCUT2D eigenvalue weighted by molar-refractivity contribution is 5.72. The van der Waals surface area contributed by atoms with E-state index in [-0.39, 0.29) is 0 Å². The summed E-state index contributed by atoms with van der Waals surface area (Å²) in [5.74, 6) is 0.230. The lowest BCUT2D eigenvalue weighted by Gasteiger charge is -2.17. The van der Waals surface area contributed by atoms with Gasteiger partial charge >= 0.3 is 5.97 Å². The zero-order valence-electron chi connectivity index (χ0n) is 11.6. The average Bonchev–Trinajstić information content (AvgIpc) is 2.30. The Balaban J connectivity index is 2.86. The fourth-order valence-electron chi connectivity index (χ4n) is 1.81. The van der Waals surface area contributed by atoms with Crippen LogP contribution in [0.4, 0.5) is 0 Å². The molecule has 0 radical (unpaired) electrons. The average molecular weight is 250 g/mol. The quantitative estimate of drug-likeness (QED) is 0.836. The summed E-state index contributed by atoms with van der Waals surface area (Å²) in [5.41, 5.74) is 2.23. The molecule has 0 bridgehead atoms. The molecular formula is C15H22O3. The molecule has 0 amide bonds. The Hall–Kier alpha value is -1.51. The molecule has 1 aromatic rings. The summed E-state index contributed by atoms with van der Waals surface area (Å²) in [6.45, 7) is 8.17. The Bertz CT molecular complexity index is 410. The van der Waals surface area contributed by atoms with E-state index in [4.69, 9.17) is 9.84 Å². The minimum atomic E-state index is -0.899. The van der Waals surface area contributed by atoms with Gasteiger partial charge in [0.25, 0.3) is 0 Å². The highest BCUT2D eigenvalue weighted by Gasteiger charge is 2.19. The van der Waals surface area contributed by atoms with Crippen molar-refractivity contribution in [1.29, 1.82) is 0 Å². The highest BCUT2D eigenvalue weighted by atomic mass is 16.5. The molecule has 0 unspecified atom stereocenters. The van der Waals surface area contributed by atoms with Gasteiger partial charge in [-0.25, -0.2) is 4.79 Å². The smallest absolute Gasteiger partial charge is 0.344 e. The molecule has 0 aliphatic carbocycles. The molecule has 3 nitrogen and oxygen atoms in total. The molecule has 0 heterocycles. The van der Waals surface area contributed by atoms with Crippen LogP contribution < -0.4 is 4.74 Å². The molecule has 1 atom stereocenters. The number of aliphatic carboxylic acids is 1. The van der Waals surface area contributed by atoms with E-state index < -0.39 is 12.1 Å². The van der Waals surface area contributed by atoms with E-state index in [0.29, 0.717) is 18.1 Å². The van der Waals surface area contributed by atoms with Gasteiger partial charge in [0, 0.05) is 0 Å². The molecule has 3 heteroatoms. The Labute approximate surface area is 109 Å². The molecule has 0 spiro atoms. The molecule has 18 heavy (non-hydrogen) atoms. The highest BCUT2D eigenvalue weighted by Crippen LogP contribution is 2.25. The largest absolute Gasteiger partial charge is 0.479 e. The van der Waals surface area contributed by atoms with Crippen LogP contribution in [0.1, 0.15) is 50.7 Å². The predicted molar refractivity (Wildman–Crippen MR) is 72.2 cm³/mol. The Morgan fingerprint density at radius 3 is 2.50 bits per heavy atom. The fourth-order valence-corrected chi connectivity index (χ4v) is 1.81. The summed E-state index contributed by atoms with van der Waals surface area (Å²) in [6, 6.07) is 5.93. The van der Waals surface area contributed by atoms with Gasteiger partial charge < -0.3 is 9.84 Å². The normalized spacial score (nSPS) is 12.5. The number of carboxylic acids is 1. The number of rotatable bonds is 6. The van der Waals surface area contributed by atoms with Gasteiger partial charge in [-0.3, -0.25) is 0 Å². The molecule has 100 valence electrons. The van der Waals surface area contributed by atoms with Gasteiger partial charge in [-0.15, -0.1) is 0 Å². The van der Waals surface area contributed by atoms with E-state index in [2.05, 4.69) is 19.9 Å².